The third kappa shape index (κ3) is 5.83. The Balaban J connectivity index is 1.67. The molecule has 3 rings (SSSR count). The second-order valence-electron chi connectivity index (χ2n) is 8.79. The normalized spacial score (nSPS) is 17.0. The van der Waals surface area contributed by atoms with E-state index in [1.54, 1.807) is 0 Å². The highest BCUT2D eigenvalue weighted by Gasteiger charge is 2.33. The van der Waals surface area contributed by atoms with Crippen LogP contribution in [0.3, 0.4) is 0 Å². The first kappa shape index (κ1) is 26.2. The molecule has 2 aromatic carbocycles. The number of nitro benzene ring substituents is 1. The Hall–Kier alpha value is -3.37. The first-order valence-electron chi connectivity index (χ1n) is 10.7. The predicted octanol–water partition coefficient (Wildman–Crippen LogP) is 4.20. The van der Waals surface area contributed by atoms with Gasteiger partial charge in [0.1, 0.15) is 11.1 Å². The van der Waals surface area contributed by atoms with Crippen LogP contribution in [0.1, 0.15) is 54.2 Å². The molecule has 0 fully saturated rings. The van der Waals surface area contributed by atoms with E-state index in [0.29, 0.717) is 6.42 Å². The summed E-state index contributed by atoms with van der Waals surface area (Å²) in [4.78, 5) is 47.2. The van der Waals surface area contributed by atoms with E-state index in [1.165, 1.54) is 0 Å². The topological polar surface area (TPSA) is 151 Å². The van der Waals surface area contributed by atoms with Crippen LogP contribution < -0.4 is 16.0 Å². The number of nitro groups is 1. The molecular weight excluding hydrogens is 499 g/mol. The number of carboxylic acid groups (broad SMARTS) is 1. The minimum Gasteiger partial charge on any atom is -0.480 e. The van der Waals surface area contributed by atoms with Gasteiger partial charge in [0.25, 0.3) is 11.6 Å². The van der Waals surface area contributed by atoms with E-state index in [0.717, 1.165) is 29.7 Å². The van der Waals surface area contributed by atoms with Crippen LogP contribution in [0.2, 0.25) is 10.0 Å². The van der Waals surface area contributed by atoms with Gasteiger partial charge in [0.05, 0.1) is 28.1 Å². The molecule has 12 heteroatoms. The van der Waals surface area contributed by atoms with E-state index in [1.807, 2.05) is 24.3 Å². The fraction of sp³-hybridized carbons (Fsp3) is 0.348. The second kappa shape index (κ2) is 10.5. The van der Waals surface area contributed by atoms with Crippen LogP contribution in [0.5, 0.6) is 0 Å². The van der Waals surface area contributed by atoms with Crippen molar-refractivity contribution in [3.05, 3.63) is 73.2 Å². The Morgan fingerprint density at radius 2 is 1.89 bits per heavy atom. The molecule has 0 heterocycles. The summed E-state index contributed by atoms with van der Waals surface area (Å²) in [6.45, 7) is 3.83. The molecule has 186 valence electrons. The van der Waals surface area contributed by atoms with E-state index in [4.69, 9.17) is 23.2 Å². The van der Waals surface area contributed by atoms with Gasteiger partial charge in [-0.2, -0.15) is 0 Å². The number of amides is 3. The van der Waals surface area contributed by atoms with Crippen molar-refractivity contribution >= 4 is 46.8 Å². The van der Waals surface area contributed by atoms with Crippen molar-refractivity contribution in [3.63, 3.8) is 0 Å². The van der Waals surface area contributed by atoms with Crippen molar-refractivity contribution in [2.75, 3.05) is 6.54 Å². The number of aliphatic carboxylic acids is 1. The number of carboxylic acids is 1. The standard InChI is InChI=1S/C23H24Cl2N4O6/c1-23(2)10-9-15(12-5-3-4-6-13(12)23)28-22(33)26-11-16(21(31)32)27-20(30)18-14(24)7-8-17(19(18)25)29(34)35/h3-8,15-16H,9-11H2,1-2H3,(H,27,30)(H,31,32)(H2,26,28,33)/t15?,16-/m0/s1. The molecule has 4 N–H and O–H groups in total. The van der Waals surface area contributed by atoms with E-state index in [-0.39, 0.29) is 16.5 Å². The molecule has 0 radical (unpaired) electrons. The third-order valence-corrected chi connectivity index (χ3v) is 6.69. The molecule has 35 heavy (non-hydrogen) atoms. The van der Waals surface area contributed by atoms with Gasteiger partial charge >= 0.3 is 12.0 Å². The van der Waals surface area contributed by atoms with Crippen LogP contribution in [0.15, 0.2) is 36.4 Å². The molecule has 1 unspecified atom stereocenters. The zero-order chi connectivity index (χ0) is 25.9. The summed E-state index contributed by atoms with van der Waals surface area (Å²) in [6, 6.07) is 7.58. The van der Waals surface area contributed by atoms with Gasteiger partial charge in [-0.3, -0.25) is 14.9 Å². The molecular formula is C23H24Cl2N4O6. The van der Waals surface area contributed by atoms with E-state index < -0.39 is 51.7 Å². The number of benzene rings is 2. The number of carbonyl (C=O) groups is 3. The number of carbonyl (C=O) groups excluding carboxylic acids is 2. The van der Waals surface area contributed by atoms with E-state index >= 15 is 0 Å². The minimum atomic E-state index is -1.54. The van der Waals surface area contributed by atoms with Gasteiger partial charge < -0.3 is 21.1 Å². The summed E-state index contributed by atoms with van der Waals surface area (Å²) in [5.41, 5.74) is 1.12. The Labute approximate surface area is 211 Å². The average Bonchev–Trinajstić information content (AvgIpc) is 2.78. The molecule has 1 aliphatic carbocycles. The molecule has 1 aliphatic rings. The molecule has 10 nitrogen and oxygen atoms in total. The Bertz CT molecular complexity index is 1190. The van der Waals surface area contributed by atoms with Gasteiger partial charge in [-0.25, -0.2) is 9.59 Å². The summed E-state index contributed by atoms with van der Waals surface area (Å²) < 4.78 is 0. The Morgan fingerprint density at radius 3 is 2.54 bits per heavy atom. The van der Waals surface area contributed by atoms with Crippen LogP contribution in [-0.4, -0.2) is 40.5 Å². The van der Waals surface area contributed by atoms with Crippen LogP contribution in [-0.2, 0) is 10.2 Å². The van der Waals surface area contributed by atoms with Crippen molar-refractivity contribution in [1.82, 2.24) is 16.0 Å². The van der Waals surface area contributed by atoms with Gasteiger partial charge in [0.15, 0.2) is 0 Å². The van der Waals surface area contributed by atoms with Crippen LogP contribution in [0.25, 0.3) is 0 Å². The number of fused-ring (bicyclic) bond motifs is 1. The predicted molar refractivity (Wildman–Crippen MR) is 130 cm³/mol. The van der Waals surface area contributed by atoms with Gasteiger partial charge in [-0.1, -0.05) is 61.3 Å². The lowest BCUT2D eigenvalue weighted by molar-refractivity contribution is -0.384. The van der Waals surface area contributed by atoms with Crippen molar-refractivity contribution in [2.45, 2.75) is 44.2 Å². The van der Waals surface area contributed by atoms with Crippen LogP contribution >= 0.6 is 23.2 Å². The molecule has 3 amide bonds. The van der Waals surface area contributed by atoms with Crippen LogP contribution in [0, 0.1) is 10.1 Å². The number of nitrogens with zero attached hydrogens (tertiary/aromatic N) is 1. The maximum atomic E-state index is 12.6. The maximum Gasteiger partial charge on any atom is 0.328 e. The lowest BCUT2D eigenvalue weighted by Gasteiger charge is -2.37. The molecule has 0 aliphatic heterocycles. The molecule has 2 atom stereocenters. The monoisotopic (exact) mass is 522 g/mol. The molecule has 0 saturated carbocycles. The smallest absolute Gasteiger partial charge is 0.328 e. The van der Waals surface area contributed by atoms with E-state index in [9.17, 15) is 29.6 Å². The minimum absolute atomic E-state index is 0.0288. The van der Waals surface area contributed by atoms with Gasteiger partial charge in [-0.15, -0.1) is 0 Å². The zero-order valence-corrected chi connectivity index (χ0v) is 20.4. The maximum absolute atomic E-state index is 12.6. The van der Waals surface area contributed by atoms with Gasteiger partial charge in [0.2, 0.25) is 0 Å². The average molecular weight is 523 g/mol. The molecule has 0 saturated heterocycles. The molecule has 0 bridgehead atoms. The Morgan fingerprint density at radius 1 is 1.20 bits per heavy atom. The van der Waals surface area contributed by atoms with Crippen LogP contribution in [0.4, 0.5) is 10.5 Å². The first-order chi connectivity index (χ1) is 16.4. The summed E-state index contributed by atoms with van der Waals surface area (Å²) >= 11 is 11.9. The second-order valence-corrected chi connectivity index (χ2v) is 9.58. The lowest BCUT2D eigenvalue weighted by atomic mass is 9.71. The SMILES string of the molecule is CC1(C)CCC(NC(=O)NC[C@H](NC(=O)c2c(Cl)ccc([N+](=O)[O-])c2Cl)C(=O)O)c2ccccc21. The fourth-order valence-corrected chi connectivity index (χ4v) is 4.70. The number of urea groups is 1. The number of hydrogen-bond acceptors (Lipinski definition) is 5. The quantitative estimate of drug-likeness (QED) is 0.316. The summed E-state index contributed by atoms with van der Waals surface area (Å²) in [5, 5.41) is 27.4. The summed E-state index contributed by atoms with van der Waals surface area (Å²) in [6.07, 6.45) is 1.56. The number of nitrogens with one attached hydrogen (secondary N) is 3. The third-order valence-electron chi connectivity index (χ3n) is 5.99. The highest BCUT2D eigenvalue weighted by atomic mass is 35.5. The zero-order valence-electron chi connectivity index (χ0n) is 18.9. The largest absolute Gasteiger partial charge is 0.480 e. The van der Waals surface area contributed by atoms with Gasteiger partial charge in [0, 0.05) is 6.07 Å². The molecule has 0 spiro atoms. The highest BCUT2D eigenvalue weighted by molar-refractivity contribution is 6.41. The number of halogens is 2. The van der Waals surface area contributed by atoms with Crippen molar-refractivity contribution in [3.8, 4) is 0 Å². The number of rotatable bonds is 7. The van der Waals surface area contributed by atoms with Crippen molar-refractivity contribution < 1.29 is 24.4 Å². The number of hydrogen-bond donors (Lipinski definition) is 4. The molecule has 2 aromatic rings. The van der Waals surface area contributed by atoms with Crippen molar-refractivity contribution in [2.24, 2.45) is 0 Å². The Kier molecular flexibility index (Phi) is 7.86. The van der Waals surface area contributed by atoms with Crippen molar-refractivity contribution in [1.29, 1.82) is 0 Å². The highest BCUT2D eigenvalue weighted by Crippen LogP contribution is 2.41. The lowest BCUT2D eigenvalue weighted by Crippen LogP contribution is -2.51. The summed E-state index contributed by atoms with van der Waals surface area (Å²) in [5.74, 6) is -2.46. The fourth-order valence-electron chi connectivity index (χ4n) is 4.09. The molecule has 0 aromatic heterocycles. The van der Waals surface area contributed by atoms with Gasteiger partial charge in [-0.05, 0) is 35.4 Å². The van der Waals surface area contributed by atoms with E-state index in [2.05, 4.69) is 29.8 Å². The first-order valence-corrected chi connectivity index (χ1v) is 11.5. The summed E-state index contributed by atoms with van der Waals surface area (Å²) in [7, 11) is 0.